The van der Waals surface area contributed by atoms with Gasteiger partial charge in [0.1, 0.15) is 5.82 Å². The lowest BCUT2D eigenvalue weighted by Gasteiger charge is -2.16. The minimum Gasteiger partial charge on any atom is -0.354 e. The normalized spacial score (nSPS) is 13.0. The Labute approximate surface area is 152 Å². The SMILES string of the molecule is O=C(Cc1ccc2c(c1)CCCC2)NCCNC(=O)c1ccccc1F. The molecule has 0 bridgehead atoms. The molecule has 0 aromatic heterocycles. The van der Waals surface area contributed by atoms with Crippen LogP contribution in [0.5, 0.6) is 0 Å². The maximum atomic E-state index is 13.5. The molecule has 0 atom stereocenters. The van der Waals surface area contributed by atoms with Crippen LogP contribution < -0.4 is 10.6 Å². The summed E-state index contributed by atoms with van der Waals surface area (Å²) in [5.41, 5.74) is 3.78. The van der Waals surface area contributed by atoms with Gasteiger partial charge in [-0.05, 0) is 54.5 Å². The second-order valence-electron chi connectivity index (χ2n) is 6.57. The molecule has 1 aliphatic rings. The Morgan fingerprint density at radius 2 is 1.65 bits per heavy atom. The fourth-order valence-electron chi connectivity index (χ4n) is 3.26. The maximum absolute atomic E-state index is 13.5. The van der Waals surface area contributed by atoms with Gasteiger partial charge in [-0.1, -0.05) is 30.3 Å². The summed E-state index contributed by atoms with van der Waals surface area (Å²) in [4.78, 5) is 23.9. The highest BCUT2D eigenvalue weighted by Crippen LogP contribution is 2.22. The van der Waals surface area contributed by atoms with Crippen molar-refractivity contribution in [2.24, 2.45) is 0 Å². The predicted octanol–water partition coefficient (Wildman–Crippen LogP) is 2.79. The first kappa shape index (κ1) is 18.1. The van der Waals surface area contributed by atoms with Crippen molar-refractivity contribution >= 4 is 11.8 Å². The van der Waals surface area contributed by atoms with Gasteiger partial charge in [-0.3, -0.25) is 9.59 Å². The number of fused-ring (bicyclic) bond motifs is 1. The van der Waals surface area contributed by atoms with Crippen LogP contribution in [0.25, 0.3) is 0 Å². The number of rotatable bonds is 6. The number of aryl methyl sites for hydroxylation is 2. The number of halogens is 1. The highest BCUT2D eigenvalue weighted by atomic mass is 19.1. The molecular formula is C21H23FN2O2. The second kappa shape index (κ2) is 8.61. The lowest BCUT2D eigenvalue weighted by Crippen LogP contribution is -2.35. The molecule has 4 nitrogen and oxygen atoms in total. The molecule has 0 aliphatic heterocycles. The van der Waals surface area contributed by atoms with Crippen LogP contribution >= 0.6 is 0 Å². The zero-order valence-electron chi connectivity index (χ0n) is 14.7. The average molecular weight is 354 g/mol. The Kier molecular flexibility index (Phi) is 6.00. The minimum absolute atomic E-state index is 0.00730. The third-order valence-electron chi connectivity index (χ3n) is 4.63. The molecule has 0 unspecified atom stereocenters. The van der Waals surface area contributed by atoms with Crippen LogP contribution in [0.2, 0.25) is 0 Å². The van der Waals surface area contributed by atoms with E-state index in [1.54, 1.807) is 6.07 Å². The molecular weight excluding hydrogens is 331 g/mol. The van der Waals surface area contributed by atoms with Crippen molar-refractivity contribution in [2.45, 2.75) is 32.1 Å². The van der Waals surface area contributed by atoms with Crippen molar-refractivity contribution < 1.29 is 14.0 Å². The van der Waals surface area contributed by atoms with E-state index in [0.717, 1.165) is 18.4 Å². The first-order valence-electron chi connectivity index (χ1n) is 9.03. The number of amides is 2. The van der Waals surface area contributed by atoms with Crippen molar-refractivity contribution in [3.05, 3.63) is 70.5 Å². The average Bonchev–Trinajstić information content (AvgIpc) is 2.65. The maximum Gasteiger partial charge on any atom is 0.254 e. The number of hydrogen-bond acceptors (Lipinski definition) is 2. The molecule has 136 valence electrons. The summed E-state index contributed by atoms with van der Waals surface area (Å²) < 4.78 is 13.5. The highest BCUT2D eigenvalue weighted by molar-refractivity contribution is 5.94. The van der Waals surface area contributed by atoms with Crippen LogP contribution in [-0.2, 0) is 24.1 Å². The zero-order valence-corrected chi connectivity index (χ0v) is 14.7. The Bertz CT molecular complexity index is 804. The predicted molar refractivity (Wildman–Crippen MR) is 98.5 cm³/mol. The molecule has 2 N–H and O–H groups in total. The van der Waals surface area contributed by atoms with E-state index in [9.17, 15) is 14.0 Å². The number of benzene rings is 2. The van der Waals surface area contributed by atoms with Crippen molar-refractivity contribution in [3.8, 4) is 0 Å². The monoisotopic (exact) mass is 354 g/mol. The van der Waals surface area contributed by atoms with Crippen LogP contribution in [0.1, 0.15) is 39.9 Å². The highest BCUT2D eigenvalue weighted by Gasteiger charge is 2.12. The molecule has 26 heavy (non-hydrogen) atoms. The molecule has 0 saturated carbocycles. The molecule has 0 spiro atoms. The largest absolute Gasteiger partial charge is 0.354 e. The van der Waals surface area contributed by atoms with Crippen molar-refractivity contribution in [1.82, 2.24) is 10.6 Å². The number of nitrogens with one attached hydrogen (secondary N) is 2. The number of carbonyl (C=O) groups excluding carboxylic acids is 2. The summed E-state index contributed by atoms with van der Waals surface area (Å²) in [6.07, 6.45) is 5.00. The molecule has 0 saturated heterocycles. The van der Waals surface area contributed by atoms with Crippen LogP contribution in [0.15, 0.2) is 42.5 Å². The first-order valence-corrected chi connectivity index (χ1v) is 9.03. The lowest BCUT2D eigenvalue weighted by molar-refractivity contribution is -0.120. The van der Waals surface area contributed by atoms with E-state index in [1.807, 2.05) is 6.07 Å². The number of hydrogen-bond donors (Lipinski definition) is 2. The smallest absolute Gasteiger partial charge is 0.254 e. The second-order valence-corrected chi connectivity index (χ2v) is 6.57. The fraction of sp³-hybridized carbons (Fsp3) is 0.333. The Morgan fingerprint density at radius 3 is 2.46 bits per heavy atom. The van der Waals surface area contributed by atoms with Crippen LogP contribution in [0, 0.1) is 5.82 Å². The van der Waals surface area contributed by atoms with E-state index >= 15 is 0 Å². The van der Waals surface area contributed by atoms with Crippen molar-refractivity contribution in [2.75, 3.05) is 13.1 Å². The Balaban J connectivity index is 1.42. The molecule has 0 heterocycles. The molecule has 2 aromatic rings. The van der Waals surface area contributed by atoms with E-state index in [2.05, 4.69) is 22.8 Å². The summed E-state index contributed by atoms with van der Waals surface area (Å²) in [7, 11) is 0. The van der Waals surface area contributed by atoms with E-state index in [-0.39, 0.29) is 18.0 Å². The quantitative estimate of drug-likeness (QED) is 0.784. The van der Waals surface area contributed by atoms with Gasteiger partial charge in [-0.15, -0.1) is 0 Å². The summed E-state index contributed by atoms with van der Waals surface area (Å²) >= 11 is 0. The minimum atomic E-state index is -0.554. The lowest BCUT2D eigenvalue weighted by atomic mass is 9.90. The topological polar surface area (TPSA) is 58.2 Å². The zero-order chi connectivity index (χ0) is 18.4. The van der Waals surface area contributed by atoms with Gasteiger partial charge in [-0.2, -0.15) is 0 Å². The van der Waals surface area contributed by atoms with E-state index in [1.165, 1.54) is 42.2 Å². The van der Waals surface area contributed by atoms with Gasteiger partial charge in [0.15, 0.2) is 0 Å². The third-order valence-corrected chi connectivity index (χ3v) is 4.63. The fourth-order valence-corrected chi connectivity index (χ4v) is 3.26. The van der Waals surface area contributed by atoms with E-state index in [4.69, 9.17) is 0 Å². The van der Waals surface area contributed by atoms with Crippen molar-refractivity contribution in [3.63, 3.8) is 0 Å². The van der Waals surface area contributed by atoms with Crippen LogP contribution in [0.4, 0.5) is 4.39 Å². The first-order chi connectivity index (χ1) is 12.6. The summed E-state index contributed by atoms with van der Waals surface area (Å²) in [6.45, 7) is 0.563. The molecule has 5 heteroatoms. The van der Waals surface area contributed by atoms with Gasteiger partial charge >= 0.3 is 0 Å². The molecule has 2 amide bonds. The molecule has 0 fully saturated rings. The summed E-state index contributed by atoms with van der Waals surface area (Å²) in [5.74, 6) is -1.12. The van der Waals surface area contributed by atoms with Crippen LogP contribution in [0.3, 0.4) is 0 Å². The molecule has 0 radical (unpaired) electrons. The number of carbonyl (C=O) groups is 2. The Morgan fingerprint density at radius 1 is 0.923 bits per heavy atom. The van der Waals surface area contributed by atoms with Gasteiger partial charge in [0.2, 0.25) is 5.91 Å². The van der Waals surface area contributed by atoms with Gasteiger partial charge in [0, 0.05) is 13.1 Å². The van der Waals surface area contributed by atoms with Crippen LogP contribution in [-0.4, -0.2) is 24.9 Å². The molecule has 2 aromatic carbocycles. The van der Waals surface area contributed by atoms with Crippen molar-refractivity contribution in [1.29, 1.82) is 0 Å². The molecule has 1 aliphatic carbocycles. The summed E-state index contributed by atoms with van der Waals surface area (Å²) in [5, 5.41) is 5.39. The standard InChI is InChI=1S/C21H23FN2O2/c22-19-8-4-3-7-18(19)21(26)24-12-11-23-20(25)14-15-9-10-16-5-1-2-6-17(16)13-15/h3-4,7-10,13H,1-2,5-6,11-12,14H2,(H,23,25)(H,24,26). The Hall–Kier alpha value is -2.69. The van der Waals surface area contributed by atoms with Gasteiger partial charge in [-0.25, -0.2) is 4.39 Å². The van der Waals surface area contributed by atoms with Gasteiger partial charge in [0.25, 0.3) is 5.91 Å². The molecule has 3 rings (SSSR count). The summed E-state index contributed by atoms with van der Waals surface area (Å²) in [6, 6.07) is 12.1. The van der Waals surface area contributed by atoms with E-state index in [0.29, 0.717) is 13.0 Å². The van der Waals surface area contributed by atoms with Gasteiger partial charge < -0.3 is 10.6 Å². The third kappa shape index (κ3) is 4.69. The van der Waals surface area contributed by atoms with E-state index < -0.39 is 11.7 Å². The van der Waals surface area contributed by atoms with Gasteiger partial charge in [0.05, 0.1) is 12.0 Å².